The highest BCUT2D eigenvalue weighted by Crippen LogP contribution is 2.19. The van der Waals surface area contributed by atoms with Crippen LogP contribution >= 0.6 is 0 Å². The molecule has 2 rings (SSSR count). The maximum absolute atomic E-state index is 5.78. The quantitative estimate of drug-likeness (QED) is 0.809. The van der Waals surface area contributed by atoms with E-state index in [1.54, 1.807) is 0 Å². The molecule has 2 unspecified atom stereocenters. The summed E-state index contributed by atoms with van der Waals surface area (Å²) in [5.74, 6) is 3.55. The van der Waals surface area contributed by atoms with E-state index in [1.165, 1.54) is 11.1 Å². The Morgan fingerprint density at radius 2 is 1.71 bits per heavy atom. The number of hydrogen-bond acceptors (Lipinski definition) is 2. The van der Waals surface area contributed by atoms with Gasteiger partial charge in [-0.25, -0.2) is 0 Å². The normalized spacial score (nSPS) is 13.2. The average Bonchev–Trinajstić information content (AvgIpc) is 2.54. The zero-order valence-corrected chi connectivity index (χ0v) is 12.5. The van der Waals surface area contributed by atoms with E-state index in [-0.39, 0.29) is 12.1 Å². The third-order valence-corrected chi connectivity index (χ3v) is 3.38. The molecule has 108 valence electrons. The van der Waals surface area contributed by atoms with Crippen LogP contribution in [0.1, 0.15) is 31.0 Å². The Balaban J connectivity index is 1.91. The van der Waals surface area contributed by atoms with E-state index in [0.717, 1.165) is 5.75 Å². The first-order chi connectivity index (χ1) is 10.2. The second kappa shape index (κ2) is 7.52. The van der Waals surface area contributed by atoms with Crippen LogP contribution in [-0.4, -0.2) is 6.04 Å². The minimum Gasteiger partial charge on any atom is -0.489 e. The van der Waals surface area contributed by atoms with Crippen molar-refractivity contribution in [3.05, 3.63) is 65.7 Å². The van der Waals surface area contributed by atoms with Crippen molar-refractivity contribution >= 4 is 0 Å². The molecule has 21 heavy (non-hydrogen) atoms. The van der Waals surface area contributed by atoms with Gasteiger partial charge in [-0.3, -0.25) is 5.32 Å². The van der Waals surface area contributed by atoms with Gasteiger partial charge in [-0.2, -0.15) is 0 Å². The van der Waals surface area contributed by atoms with Crippen LogP contribution in [0.15, 0.2) is 54.6 Å². The van der Waals surface area contributed by atoms with Crippen molar-refractivity contribution in [2.75, 3.05) is 0 Å². The van der Waals surface area contributed by atoms with E-state index < -0.39 is 0 Å². The highest BCUT2D eigenvalue weighted by Gasteiger charge is 2.07. The van der Waals surface area contributed by atoms with Gasteiger partial charge in [-0.1, -0.05) is 48.4 Å². The average molecular weight is 279 g/mol. The molecule has 0 saturated heterocycles. The van der Waals surface area contributed by atoms with Gasteiger partial charge in [0.15, 0.2) is 0 Å². The molecule has 0 heterocycles. The molecule has 0 aliphatic carbocycles. The first-order valence-electron chi connectivity index (χ1n) is 7.18. The molecule has 0 saturated carbocycles. The number of rotatable bonds is 6. The summed E-state index contributed by atoms with van der Waals surface area (Å²) in [6, 6.07) is 18.6. The van der Waals surface area contributed by atoms with Crippen molar-refractivity contribution in [1.82, 2.24) is 5.32 Å². The largest absolute Gasteiger partial charge is 0.489 e. The minimum atomic E-state index is 0.0639. The van der Waals surface area contributed by atoms with Crippen LogP contribution in [0.3, 0.4) is 0 Å². The van der Waals surface area contributed by atoms with Crippen LogP contribution < -0.4 is 10.1 Å². The Hall–Kier alpha value is -2.24. The van der Waals surface area contributed by atoms with Gasteiger partial charge in [0.05, 0.1) is 6.04 Å². The zero-order chi connectivity index (χ0) is 15.1. The van der Waals surface area contributed by atoms with Crippen LogP contribution in [0.2, 0.25) is 0 Å². The smallest absolute Gasteiger partial charge is 0.119 e. The van der Waals surface area contributed by atoms with Gasteiger partial charge in [-0.15, -0.1) is 6.42 Å². The second-order valence-corrected chi connectivity index (χ2v) is 5.12. The van der Waals surface area contributed by atoms with Gasteiger partial charge >= 0.3 is 0 Å². The van der Waals surface area contributed by atoms with Crippen molar-refractivity contribution < 1.29 is 4.74 Å². The lowest BCUT2D eigenvalue weighted by atomic mass is 10.1. The fraction of sp³-hybridized carbons (Fsp3) is 0.263. The summed E-state index contributed by atoms with van der Waals surface area (Å²) in [6.07, 6.45) is 5.38. The maximum atomic E-state index is 5.78. The SMILES string of the molecule is C#CC(C)NC(C)c1ccc(OCc2ccccc2)cc1. The Kier molecular flexibility index (Phi) is 5.43. The Labute approximate surface area is 127 Å². The van der Waals surface area contributed by atoms with E-state index in [4.69, 9.17) is 11.2 Å². The highest BCUT2D eigenvalue weighted by molar-refractivity contribution is 5.29. The van der Waals surface area contributed by atoms with Crippen molar-refractivity contribution in [3.8, 4) is 18.1 Å². The van der Waals surface area contributed by atoms with Crippen molar-refractivity contribution in [3.63, 3.8) is 0 Å². The second-order valence-electron chi connectivity index (χ2n) is 5.12. The monoisotopic (exact) mass is 279 g/mol. The Morgan fingerprint density at radius 3 is 2.33 bits per heavy atom. The molecular formula is C19H21NO. The molecule has 2 heteroatoms. The maximum Gasteiger partial charge on any atom is 0.119 e. The van der Waals surface area contributed by atoms with E-state index in [0.29, 0.717) is 6.61 Å². The van der Waals surface area contributed by atoms with Gasteiger partial charge < -0.3 is 4.74 Å². The van der Waals surface area contributed by atoms with Crippen LogP contribution in [0, 0.1) is 12.3 Å². The first-order valence-corrected chi connectivity index (χ1v) is 7.18. The molecule has 0 radical (unpaired) electrons. The van der Waals surface area contributed by atoms with Gasteiger partial charge in [-0.05, 0) is 37.1 Å². The molecule has 2 aromatic rings. The summed E-state index contributed by atoms with van der Waals surface area (Å²) in [7, 11) is 0. The number of benzene rings is 2. The van der Waals surface area contributed by atoms with Crippen molar-refractivity contribution in [2.24, 2.45) is 0 Å². The molecule has 0 aliphatic rings. The third-order valence-electron chi connectivity index (χ3n) is 3.38. The molecule has 0 bridgehead atoms. The highest BCUT2D eigenvalue weighted by atomic mass is 16.5. The minimum absolute atomic E-state index is 0.0639. The molecule has 0 amide bonds. The molecular weight excluding hydrogens is 258 g/mol. The molecule has 2 aromatic carbocycles. The molecule has 0 spiro atoms. The summed E-state index contributed by atoms with van der Waals surface area (Å²) in [4.78, 5) is 0. The standard InChI is InChI=1S/C19H21NO/c1-4-15(2)20-16(3)18-10-12-19(13-11-18)21-14-17-8-6-5-7-9-17/h1,5-13,15-16,20H,14H2,2-3H3. The number of hydrogen-bond donors (Lipinski definition) is 1. The van der Waals surface area contributed by atoms with Crippen LogP contribution in [0.4, 0.5) is 0 Å². The summed E-state index contributed by atoms with van der Waals surface area (Å²) in [5, 5.41) is 3.35. The van der Waals surface area contributed by atoms with Crippen molar-refractivity contribution in [2.45, 2.75) is 32.5 Å². The van der Waals surface area contributed by atoms with Gasteiger partial charge in [0, 0.05) is 6.04 Å². The third kappa shape index (κ3) is 4.66. The first kappa shape index (κ1) is 15.2. The lowest BCUT2D eigenvalue weighted by Crippen LogP contribution is -2.27. The molecule has 2 nitrogen and oxygen atoms in total. The van der Waals surface area contributed by atoms with Crippen LogP contribution in [0.25, 0.3) is 0 Å². The summed E-state index contributed by atoms with van der Waals surface area (Å²) in [5.41, 5.74) is 2.36. The number of nitrogens with one attached hydrogen (secondary N) is 1. The Morgan fingerprint density at radius 1 is 1.05 bits per heavy atom. The van der Waals surface area contributed by atoms with Crippen LogP contribution in [-0.2, 0) is 6.61 Å². The Bertz CT molecular complexity index is 583. The van der Waals surface area contributed by atoms with Gasteiger partial charge in [0.1, 0.15) is 12.4 Å². The summed E-state index contributed by atoms with van der Waals surface area (Å²) >= 11 is 0. The van der Waals surface area contributed by atoms with Crippen molar-refractivity contribution in [1.29, 1.82) is 0 Å². The molecule has 2 atom stereocenters. The predicted octanol–water partition coefficient (Wildman–Crippen LogP) is 3.94. The lowest BCUT2D eigenvalue weighted by Gasteiger charge is -2.17. The van der Waals surface area contributed by atoms with E-state index in [2.05, 4.69) is 42.4 Å². The zero-order valence-electron chi connectivity index (χ0n) is 12.5. The number of ether oxygens (including phenoxy) is 1. The molecule has 1 N–H and O–H groups in total. The van der Waals surface area contributed by atoms with E-state index in [1.807, 2.05) is 37.3 Å². The van der Waals surface area contributed by atoms with Gasteiger partial charge in [0.2, 0.25) is 0 Å². The molecule has 0 aliphatic heterocycles. The van der Waals surface area contributed by atoms with E-state index >= 15 is 0 Å². The summed E-state index contributed by atoms with van der Waals surface area (Å²) in [6.45, 7) is 4.67. The molecule has 0 aromatic heterocycles. The van der Waals surface area contributed by atoms with Gasteiger partial charge in [0.25, 0.3) is 0 Å². The number of terminal acetylenes is 1. The lowest BCUT2D eigenvalue weighted by molar-refractivity contribution is 0.306. The summed E-state index contributed by atoms with van der Waals surface area (Å²) < 4.78 is 5.78. The van der Waals surface area contributed by atoms with Crippen LogP contribution in [0.5, 0.6) is 5.75 Å². The van der Waals surface area contributed by atoms with E-state index in [9.17, 15) is 0 Å². The molecule has 0 fully saturated rings. The fourth-order valence-electron chi connectivity index (χ4n) is 2.11. The fourth-order valence-corrected chi connectivity index (χ4v) is 2.11. The topological polar surface area (TPSA) is 21.3 Å². The predicted molar refractivity (Wildman–Crippen MR) is 87.1 cm³/mol.